The number of nitrogens with zero attached hydrogens (tertiary/aromatic N) is 1. The summed E-state index contributed by atoms with van der Waals surface area (Å²) in [6.07, 6.45) is 5.57. The van der Waals surface area contributed by atoms with Crippen molar-refractivity contribution in [3.63, 3.8) is 0 Å². The van der Waals surface area contributed by atoms with Crippen molar-refractivity contribution in [2.45, 2.75) is 65.7 Å². The van der Waals surface area contributed by atoms with Gasteiger partial charge in [0.15, 0.2) is 5.78 Å². The number of ketones is 2. The Morgan fingerprint density at radius 2 is 1.71 bits per heavy atom. The van der Waals surface area contributed by atoms with Gasteiger partial charge in [-0.25, -0.2) is 0 Å². The van der Waals surface area contributed by atoms with E-state index in [1.54, 1.807) is 42.5 Å². The molecule has 0 saturated heterocycles. The van der Waals surface area contributed by atoms with E-state index in [1.165, 1.54) is 0 Å². The van der Waals surface area contributed by atoms with Crippen LogP contribution < -0.4 is 0 Å². The third-order valence-electron chi connectivity index (χ3n) is 7.22. The number of fused-ring (bicyclic) bond motifs is 1. The molecule has 1 aromatic carbocycles. The predicted octanol–water partition coefficient (Wildman–Crippen LogP) is 6.97. The molecule has 0 radical (unpaired) electrons. The molecule has 2 heterocycles. The highest BCUT2D eigenvalue weighted by molar-refractivity contribution is 6.30. The summed E-state index contributed by atoms with van der Waals surface area (Å²) in [5.41, 5.74) is 2.41. The summed E-state index contributed by atoms with van der Waals surface area (Å²) >= 11 is 6.05. The Balaban J connectivity index is 2.04. The van der Waals surface area contributed by atoms with E-state index in [0.29, 0.717) is 32.9 Å². The second kappa shape index (κ2) is 9.62. The number of pyridine rings is 1. The van der Waals surface area contributed by atoms with Crippen molar-refractivity contribution in [3.05, 3.63) is 75.6 Å². The van der Waals surface area contributed by atoms with Crippen molar-refractivity contribution in [2.24, 2.45) is 11.3 Å². The van der Waals surface area contributed by atoms with Gasteiger partial charge in [-0.05, 0) is 86.6 Å². The molecule has 0 spiro atoms. The molecule has 3 aromatic rings. The fourth-order valence-corrected chi connectivity index (χ4v) is 5.15. The van der Waals surface area contributed by atoms with E-state index in [2.05, 4.69) is 13.8 Å². The largest absolute Gasteiger partial charge is 0.481 e. The number of rotatable bonds is 8. The highest BCUT2D eigenvalue weighted by atomic mass is 35.5. The van der Waals surface area contributed by atoms with Crippen molar-refractivity contribution in [1.29, 1.82) is 0 Å². The Hall–Kier alpha value is -2.92. The van der Waals surface area contributed by atoms with Crippen LogP contribution in [0.15, 0.2) is 42.6 Å². The number of carboxylic acids is 1. The van der Waals surface area contributed by atoms with E-state index in [-0.39, 0.29) is 29.8 Å². The van der Waals surface area contributed by atoms with Gasteiger partial charge in [0.1, 0.15) is 0 Å². The second-order valence-corrected chi connectivity index (χ2v) is 11.1. The zero-order valence-electron chi connectivity index (χ0n) is 20.7. The lowest BCUT2D eigenvalue weighted by Gasteiger charge is -2.21. The van der Waals surface area contributed by atoms with Crippen LogP contribution in [0.2, 0.25) is 5.02 Å². The van der Waals surface area contributed by atoms with Gasteiger partial charge in [-0.1, -0.05) is 38.3 Å². The second-order valence-electron chi connectivity index (χ2n) is 10.6. The average molecular weight is 494 g/mol. The lowest BCUT2D eigenvalue weighted by molar-refractivity contribution is -0.146. The number of halogens is 1. The minimum Gasteiger partial charge on any atom is -0.481 e. The Kier molecular flexibility index (Phi) is 6.92. The first kappa shape index (κ1) is 25.2. The number of hydrogen-bond acceptors (Lipinski definition) is 3. The maximum absolute atomic E-state index is 13.9. The summed E-state index contributed by atoms with van der Waals surface area (Å²) in [5, 5.41) is 10.4. The molecule has 1 aliphatic rings. The molecule has 6 heteroatoms. The summed E-state index contributed by atoms with van der Waals surface area (Å²) in [4.78, 5) is 40.0. The summed E-state index contributed by atoms with van der Waals surface area (Å²) in [6.45, 7) is 7.44. The SMILES string of the molecule is CC(C)c1ccn2c(C(=O)c3ccc(Cl)cc3)c(CC(C)(C)C(=O)O)c(C(=O)C3CCCC3)c2c1. The summed E-state index contributed by atoms with van der Waals surface area (Å²) in [5.74, 6) is -1.07. The Labute approximate surface area is 211 Å². The van der Waals surface area contributed by atoms with Crippen LogP contribution in [0.5, 0.6) is 0 Å². The third kappa shape index (κ3) is 4.79. The number of benzene rings is 1. The van der Waals surface area contributed by atoms with E-state index < -0.39 is 11.4 Å². The summed E-state index contributed by atoms with van der Waals surface area (Å²) in [7, 11) is 0. The number of carboxylic acid groups (broad SMARTS) is 1. The first-order valence-corrected chi connectivity index (χ1v) is 12.6. The maximum atomic E-state index is 13.9. The Morgan fingerprint density at radius 1 is 1.09 bits per heavy atom. The van der Waals surface area contributed by atoms with Gasteiger partial charge in [0.25, 0.3) is 0 Å². The number of aliphatic carboxylic acids is 1. The topological polar surface area (TPSA) is 75.8 Å². The molecular weight excluding hydrogens is 462 g/mol. The van der Waals surface area contributed by atoms with Gasteiger partial charge in [-0.2, -0.15) is 0 Å². The molecule has 5 nitrogen and oxygen atoms in total. The first-order valence-electron chi connectivity index (χ1n) is 12.3. The van der Waals surface area contributed by atoms with Gasteiger partial charge in [0.2, 0.25) is 5.78 Å². The van der Waals surface area contributed by atoms with Crippen molar-refractivity contribution < 1.29 is 19.5 Å². The molecule has 0 atom stereocenters. The van der Waals surface area contributed by atoms with E-state index in [4.69, 9.17) is 11.6 Å². The van der Waals surface area contributed by atoms with E-state index in [1.807, 2.05) is 18.3 Å². The van der Waals surface area contributed by atoms with E-state index >= 15 is 0 Å². The lowest BCUT2D eigenvalue weighted by Crippen LogP contribution is -2.28. The van der Waals surface area contributed by atoms with Gasteiger partial charge >= 0.3 is 5.97 Å². The molecule has 35 heavy (non-hydrogen) atoms. The smallest absolute Gasteiger partial charge is 0.309 e. The molecule has 1 aliphatic carbocycles. The minimum atomic E-state index is -1.16. The van der Waals surface area contributed by atoms with Crippen LogP contribution in [-0.2, 0) is 11.2 Å². The summed E-state index contributed by atoms with van der Waals surface area (Å²) in [6, 6.07) is 10.6. The Morgan fingerprint density at radius 3 is 2.29 bits per heavy atom. The van der Waals surface area contributed by atoms with Crippen LogP contribution in [0.25, 0.3) is 5.52 Å². The fraction of sp³-hybridized carbons (Fsp3) is 0.414. The number of carbonyl (C=O) groups is 3. The van der Waals surface area contributed by atoms with Gasteiger partial charge in [-0.3, -0.25) is 14.4 Å². The normalized spacial score (nSPS) is 14.7. The van der Waals surface area contributed by atoms with Crippen molar-refractivity contribution in [2.75, 3.05) is 0 Å². The molecule has 184 valence electrons. The highest BCUT2D eigenvalue weighted by Crippen LogP contribution is 2.38. The molecule has 0 unspecified atom stereocenters. The van der Waals surface area contributed by atoms with Gasteiger partial charge in [0, 0.05) is 28.3 Å². The molecule has 1 saturated carbocycles. The standard InChI is InChI=1S/C29H32ClNO4/c1-17(2)20-13-14-31-23(15-20)24(26(32)18-7-5-6-8-18)22(16-29(3,4)28(34)35)25(31)27(33)19-9-11-21(30)12-10-19/h9-15,17-18H,5-8,16H2,1-4H3,(H,34,35). The monoisotopic (exact) mass is 493 g/mol. The molecule has 0 aliphatic heterocycles. The Bertz CT molecular complexity index is 1290. The van der Waals surface area contributed by atoms with Crippen molar-refractivity contribution in [3.8, 4) is 0 Å². The fourth-order valence-electron chi connectivity index (χ4n) is 5.02. The molecule has 2 aromatic heterocycles. The number of hydrogen-bond donors (Lipinski definition) is 1. The number of aromatic nitrogens is 1. The zero-order chi connectivity index (χ0) is 25.5. The zero-order valence-corrected chi connectivity index (χ0v) is 21.5. The van der Waals surface area contributed by atoms with Crippen LogP contribution in [-0.4, -0.2) is 27.0 Å². The lowest BCUT2D eigenvalue weighted by atomic mass is 9.81. The maximum Gasteiger partial charge on any atom is 0.309 e. The minimum absolute atomic E-state index is 0.0206. The first-order chi connectivity index (χ1) is 16.5. The van der Waals surface area contributed by atoms with Gasteiger partial charge in [0.05, 0.1) is 16.6 Å². The highest BCUT2D eigenvalue weighted by Gasteiger charge is 2.37. The molecular formula is C29H32ClNO4. The van der Waals surface area contributed by atoms with Gasteiger partial charge in [-0.15, -0.1) is 0 Å². The molecule has 1 fully saturated rings. The van der Waals surface area contributed by atoms with Gasteiger partial charge < -0.3 is 9.51 Å². The van der Waals surface area contributed by atoms with Crippen LogP contribution in [0.3, 0.4) is 0 Å². The quantitative estimate of drug-likeness (QED) is 0.343. The van der Waals surface area contributed by atoms with Crippen molar-refractivity contribution >= 4 is 34.7 Å². The molecule has 0 bridgehead atoms. The van der Waals surface area contributed by atoms with E-state index in [0.717, 1.165) is 31.2 Å². The summed E-state index contributed by atoms with van der Waals surface area (Å²) < 4.78 is 1.79. The molecule has 0 amide bonds. The average Bonchev–Trinajstić information content (AvgIpc) is 3.44. The molecule has 1 N–H and O–H groups in total. The number of carbonyl (C=O) groups excluding carboxylic acids is 2. The van der Waals surface area contributed by atoms with Crippen LogP contribution in [0.4, 0.5) is 0 Å². The molecule has 4 rings (SSSR count). The van der Waals surface area contributed by atoms with Crippen LogP contribution in [0, 0.1) is 11.3 Å². The predicted molar refractivity (Wildman–Crippen MR) is 138 cm³/mol. The van der Waals surface area contributed by atoms with Crippen molar-refractivity contribution in [1.82, 2.24) is 4.40 Å². The number of Topliss-reactive ketones (excluding diaryl/α,β-unsaturated/α-hetero) is 1. The van der Waals surface area contributed by atoms with Crippen LogP contribution in [0.1, 0.15) is 96.8 Å². The van der Waals surface area contributed by atoms with E-state index in [9.17, 15) is 19.5 Å². The third-order valence-corrected chi connectivity index (χ3v) is 7.47. The van der Waals surface area contributed by atoms with Crippen LogP contribution >= 0.6 is 11.6 Å².